The maximum atomic E-state index is 15.0. The molecular weight excluding hydrogens is 473 g/mol. The third kappa shape index (κ3) is 5.08. The van der Waals surface area contributed by atoms with Crippen LogP contribution in [0.4, 0.5) is 4.39 Å². The van der Waals surface area contributed by atoms with Crippen LogP contribution in [-0.2, 0) is 14.3 Å². The Hall–Kier alpha value is -2.57. The van der Waals surface area contributed by atoms with Crippen LogP contribution in [0, 0.1) is 5.82 Å². The fraction of sp³-hybridized carbons (Fsp3) is 0.333. The lowest BCUT2D eigenvalue weighted by Crippen LogP contribution is -2.36. The maximum absolute atomic E-state index is 15.0. The van der Waals surface area contributed by atoms with E-state index in [0.717, 1.165) is 17.0 Å². The molecule has 1 aliphatic carbocycles. The Morgan fingerprint density at radius 2 is 1.91 bits per heavy atom. The van der Waals surface area contributed by atoms with Gasteiger partial charge < -0.3 is 10.1 Å². The number of benzene rings is 2. The molecule has 178 valence electrons. The first-order valence-electron chi connectivity index (χ1n) is 11.4. The predicted molar refractivity (Wildman–Crippen MR) is 134 cm³/mol. The van der Waals surface area contributed by atoms with Gasteiger partial charge >= 0.3 is 5.97 Å². The molecule has 4 nitrogen and oxygen atoms in total. The summed E-state index contributed by atoms with van der Waals surface area (Å²) < 4.78 is 20.5. The fourth-order valence-electron chi connectivity index (χ4n) is 4.72. The molecule has 0 spiro atoms. The minimum Gasteiger partial charge on any atom is -0.461 e. The molecule has 0 bridgehead atoms. The van der Waals surface area contributed by atoms with E-state index in [1.54, 1.807) is 36.9 Å². The quantitative estimate of drug-likeness (QED) is 0.366. The molecule has 0 saturated carbocycles. The predicted octanol–water partition coefficient (Wildman–Crippen LogP) is 6.14. The number of hydrogen-bond donors (Lipinski definition) is 1. The first kappa shape index (κ1) is 24.6. The van der Waals surface area contributed by atoms with E-state index in [-0.39, 0.29) is 24.7 Å². The van der Waals surface area contributed by atoms with Crippen LogP contribution >= 0.6 is 23.4 Å². The van der Waals surface area contributed by atoms with E-state index in [0.29, 0.717) is 39.6 Å². The molecule has 34 heavy (non-hydrogen) atoms. The molecule has 2 atom stereocenters. The molecular formula is C27H27ClFNO3S. The lowest BCUT2D eigenvalue weighted by Gasteiger charge is -2.36. The zero-order valence-corrected chi connectivity index (χ0v) is 20.8. The number of carbonyl (C=O) groups is 2. The third-order valence-electron chi connectivity index (χ3n) is 6.27. The number of esters is 1. The Morgan fingerprint density at radius 1 is 1.18 bits per heavy atom. The summed E-state index contributed by atoms with van der Waals surface area (Å²) >= 11 is 7.71. The Balaban J connectivity index is 1.72. The van der Waals surface area contributed by atoms with Gasteiger partial charge in [-0.3, -0.25) is 4.79 Å². The van der Waals surface area contributed by atoms with Crippen LogP contribution in [0.15, 0.2) is 71.1 Å². The summed E-state index contributed by atoms with van der Waals surface area (Å²) in [5, 5.41) is 3.93. The van der Waals surface area contributed by atoms with Gasteiger partial charge in [-0.05, 0) is 48.8 Å². The van der Waals surface area contributed by atoms with Crippen molar-refractivity contribution >= 4 is 35.1 Å². The van der Waals surface area contributed by atoms with Crippen molar-refractivity contribution < 1.29 is 18.7 Å². The molecule has 1 heterocycles. The monoisotopic (exact) mass is 499 g/mol. The van der Waals surface area contributed by atoms with Crippen molar-refractivity contribution in [3.8, 4) is 0 Å². The third-order valence-corrected chi connectivity index (χ3v) is 7.39. The van der Waals surface area contributed by atoms with Gasteiger partial charge in [-0.2, -0.15) is 11.8 Å². The maximum Gasteiger partial charge on any atom is 0.336 e. The summed E-state index contributed by atoms with van der Waals surface area (Å²) in [6.45, 7) is 4.08. The van der Waals surface area contributed by atoms with Crippen LogP contribution in [0.5, 0.6) is 0 Å². The molecule has 2 aromatic rings. The van der Waals surface area contributed by atoms with Crippen molar-refractivity contribution in [3.63, 3.8) is 0 Å². The summed E-state index contributed by atoms with van der Waals surface area (Å²) in [4.78, 5) is 26.7. The number of hydrogen-bond acceptors (Lipinski definition) is 5. The minimum absolute atomic E-state index is 0.0235. The van der Waals surface area contributed by atoms with Crippen molar-refractivity contribution in [1.29, 1.82) is 0 Å². The lowest BCUT2D eigenvalue weighted by atomic mass is 9.71. The lowest BCUT2D eigenvalue weighted by molar-refractivity contribution is -0.138. The summed E-state index contributed by atoms with van der Waals surface area (Å²) in [5.41, 5.74) is 3.40. The molecule has 1 N–H and O–H groups in total. The molecule has 2 aliphatic rings. The van der Waals surface area contributed by atoms with Gasteiger partial charge in [-0.15, -0.1) is 0 Å². The zero-order valence-electron chi connectivity index (χ0n) is 19.2. The van der Waals surface area contributed by atoms with E-state index in [1.807, 2.05) is 31.2 Å². The van der Waals surface area contributed by atoms with E-state index in [1.165, 1.54) is 6.07 Å². The van der Waals surface area contributed by atoms with Crippen LogP contribution in [0.3, 0.4) is 0 Å². The highest BCUT2D eigenvalue weighted by molar-refractivity contribution is 7.99. The number of allylic oxidation sites excluding steroid dienone is 3. The molecule has 0 fully saturated rings. The topological polar surface area (TPSA) is 55.4 Å². The number of ether oxygens (including phenoxy) is 1. The van der Waals surface area contributed by atoms with Gasteiger partial charge in [0.05, 0.1) is 11.5 Å². The largest absolute Gasteiger partial charge is 0.461 e. The highest BCUT2D eigenvalue weighted by atomic mass is 35.5. The smallest absolute Gasteiger partial charge is 0.336 e. The second kappa shape index (κ2) is 10.8. The van der Waals surface area contributed by atoms with Crippen molar-refractivity contribution in [2.75, 3.05) is 18.1 Å². The average Bonchev–Trinajstić information content (AvgIpc) is 2.81. The van der Waals surface area contributed by atoms with Crippen LogP contribution in [0.1, 0.15) is 49.7 Å². The Labute approximate surface area is 208 Å². The number of Topliss-reactive ketones (excluding diaryl/α,β-unsaturated/α-hetero) is 1. The van der Waals surface area contributed by atoms with Crippen LogP contribution in [0.25, 0.3) is 0 Å². The fourth-order valence-corrected chi connectivity index (χ4v) is 5.33. The van der Waals surface area contributed by atoms with Gasteiger partial charge in [0.2, 0.25) is 0 Å². The highest BCUT2D eigenvalue weighted by Crippen LogP contribution is 2.46. The molecule has 0 aromatic heterocycles. The summed E-state index contributed by atoms with van der Waals surface area (Å²) in [7, 11) is 0. The first-order valence-corrected chi connectivity index (χ1v) is 12.9. The zero-order chi connectivity index (χ0) is 24.2. The molecule has 0 saturated heterocycles. The van der Waals surface area contributed by atoms with Crippen LogP contribution < -0.4 is 5.32 Å². The second-order valence-corrected chi connectivity index (χ2v) is 10.3. The van der Waals surface area contributed by atoms with Crippen molar-refractivity contribution in [2.24, 2.45) is 0 Å². The molecule has 0 radical (unpaired) electrons. The van der Waals surface area contributed by atoms with Crippen molar-refractivity contribution in [2.45, 2.75) is 38.5 Å². The molecule has 4 rings (SSSR count). The molecule has 2 aromatic carbocycles. The van der Waals surface area contributed by atoms with Crippen molar-refractivity contribution in [3.05, 3.63) is 93.0 Å². The van der Waals surface area contributed by atoms with Gasteiger partial charge in [0.1, 0.15) is 12.4 Å². The van der Waals surface area contributed by atoms with Gasteiger partial charge in [0, 0.05) is 39.7 Å². The standard InChI is InChI=1S/C27H27ClFNO3S/c1-3-34-13-12-33-27(32)24-16(2)30-22-14-18(17-8-10-19(28)11-9-17)15-23(31)26(22)25(24)20-6-4-5-7-21(20)29/h4-11,18,25,30H,3,12-15H2,1-2H3/t18-,25+/m1/s1. The van der Waals surface area contributed by atoms with E-state index in [4.69, 9.17) is 16.3 Å². The van der Waals surface area contributed by atoms with Gasteiger partial charge in [0.25, 0.3) is 0 Å². The van der Waals surface area contributed by atoms with E-state index in [2.05, 4.69) is 5.32 Å². The summed E-state index contributed by atoms with van der Waals surface area (Å²) in [5.74, 6) is -0.281. The first-order chi connectivity index (χ1) is 16.4. The van der Waals surface area contributed by atoms with E-state index >= 15 is 4.39 Å². The Kier molecular flexibility index (Phi) is 7.79. The van der Waals surface area contributed by atoms with Crippen molar-refractivity contribution in [1.82, 2.24) is 5.32 Å². The van der Waals surface area contributed by atoms with Crippen LogP contribution in [0.2, 0.25) is 5.02 Å². The normalized spacial score (nSPS) is 20.2. The summed E-state index contributed by atoms with van der Waals surface area (Å²) in [6.07, 6.45) is 0.863. The van der Waals surface area contributed by atoms with Crippen LogP contribution in [-0.4, -0.2) is 29.9 Å². The number of dihydropyridines is 1. The second-order valence-electron chi connectivity index (χ2n) is 8.42. The Bertz CT molecular complexity index is 1160. The number of rotatable bonds is 7. The Morgan fingerprint density at radius 3 is 2.62 bits per heavy atom. The SMILES string of the molecule is CCSCCOC(=O)C1=C(C)NC2=C(C(=O)C[C@H](c3ccc(Cl)cc3)C2)[C@H]1c1ccccc1F. The highest BCUT2D eigenvalue weighted by Gasteiger charge is 2.42. The minimum atomic E-state index is -0.803. The number of ketones is 1. The molecule has 0 amide bonds. The molecule has 7 heteroatoms. The number of halogens is 2. The van der Waals surface area contributed by atoms with E-state index < -0.39 is 17.7 Å². The average molecular weight is 500 g/mol. The number of thioether (sulfide) groups is 1. The molecule has 1 aliphatic heterocycles. The van der Waals surface area contributed by atoms with E-state index in [9.17, 15) is 9.59 Å². The number of carbonyl (C=O) groups excluding carboxylic acids is 2. The van der Waals surface area contributed by atoms with Gasteiger partial charge in [-0.1, -0.05) is 48.9 Å². The number of nitrogens with one attached hydrogen (secondary N) is 1. The summed E-state index contributed by atoms with van der Waals surface area (Å²) in [6, 6.07) is 13.8. The van der Waals surface area contributed by atoms with Gasteiger partial charge in [0.15, 0.2) is 5.78 Å². The molecule has 0 unspecified atom stereocenters. The van der Waals surface area contributed by atoms with Gasteiger partial charge in [-0.25, -0.2) is 9.18 Å².